The molecule has 6 nitrogen and oxygen atoms in total. The lowest BCUT2D eigenvalue weighted by molar-refractivity contribution is 0.342. The van der Waals surface area contributed by atoms with Crippen LogP contribution in [-0.2, 0) is 16.3 Å². The Hall–Kier alpha value is -0.950. The Labute approximate surface area is 114 Å². The predicted octanol–water partition coefficient (Wildman–Crippen LogP) is 1.35. The van der Waals surface area contributed by atoms with Crippen LogP contribution in [-0.4, -0.2) is 37.9 Å². The first-order valence-electron chi connectivity index (χ1n) is 6.42. The highest BCUT2D eigenvalue weighted by atomic mass is 32.2. The number of likely N-dealkylation sites (N-methyl/N-ethyl adjacent to an activating group) is 1. The molecular weight excluding hydrogens is 266 g/mol. The first-order chi connectivity index (χ1) is 8.74. The Morgan fingerprint density at radius 2 is 1.95 bits per heavy atom. The average Bonchev–Trinajstić information content (AvgIpc) is 2.73. The van der Waals surface area contributed by atoms with Crippen molar-refractivity contribution in [3.05, 3.63) is 11.7 Å². The van der Waals surface area contributed by atoms with E-state index in [-0.39, 0.29) is 11.9 Å². The molecule has 0 aromatic carbocycles. The van der Waals surface area contributed by atoms with Crippen LogP contribution in [0.5, 0.6) is 0 Å². The summed E-state index contributed by atoms with van der Waals surface area (Å²) in [5, 5.41) is 6.23. The maximum Gasteiger partial charge on any atom is 0.228 e. The molecule has 1 heterocycles. The summed E-state index contributed by atoms with van der Waals surface area (Å²) in [6, 6.07) is 0.252. The molecule has 0 aliphatic rings. The van der Waals surface area contributed by atoms with Gasteiger partial charge in [0.2, 0.25) is 5.89 Å². The summed E-state index contributed by atoms with van der Waals surface area (Å²) < 4.78 is 28.0. The Kier molecular flexibility index (Phi) is 5.49. The van der Waals surface area contributed by atoms with Crippen molar-refractivity contribution in [1.29, 1.82) is 0 Å². The quantitative estimate of drug-likeness (QED) is 0.815. The summed E-state index contributed by atoms with van der Waals surface area (Å²) in [7, 11) is -1.30. The minimum atomic E-state index is -3.20. The molecule has 7 heteroatoms. The number of sulfone groups is 1. The highest BCUT2D eigenvalue weighted by Gasteiger charge is 2.23. The van der Waals surface area contributed by atoms with Crippen LogP contribution < -0.4 is 5.32 Å². The molecule has 19 heavy (non-hydrogen) atoms. The number of nitrogens with zero attached hydrogens (tertiary/aromatic N) is 2. The van der Waals surface area contributed by atoms with Crippen molar-refractivity contribution in [1.82, 2.24) is 15.5 Å². The van der Waals surface area contributed by atoms with Gasteiger partial charge in [-0.05, 0) is 26.3 Å². The van der Waals surface area contributed by atoms with Gasteiger partial charge in [0.15, 0.2) is 15.7 Å². The Morgan fingerprint density at radius 3 is 2.42 bits per heavy atom. The van der Waals surface area contributed by atoms with Crippen LogP contribution in [0.15, 0.2) is 4.52 Å². The fraction of sp³-hybridized carbons (Fsp3) is 0.833. The van der Waals surface area contributed by atoms with E-state index < -0.39 is 15.1 Å². The number of nitrogens with one attached hydrogen (secondary N) is 1. The van der Waals surface area contributed by atoms with Gasteiger partial charge in [-0.25, -0.2) is 8.42 Å². The molecule has 0 radical (unpaired) electrons. The number of hydrogen-bond donors (Lipinski definition) is 1. The second-order valence-corrected chi connectivity index (χ2v) is 7.70. The molecule has 2 unspecified atom stereocenters. The molecule has 1 N–H and O–H groups in total. The van der Waals surface area contributed by atoms with E-state index in [9.17, 15) is 8.42 Å². The number of rotatable bonds is 7. The molecule has 1 aromatic heterocycles. The van der Waals surface area contributed by atoms with Crippen molar-refractivity contribution in [2.24, 2.45) is 5.92 Å². The van der Waals surface area contributed by atoms with E-state index in [4.69, 9.17) is 4.52 Å². The van der Waals surface area contributed by atoms with Crippen LogP contribution >= 0.6 is 0 Å². The maximum absolute atomic E-state index is 11.4. The Bertz CT molecular complexity index is 496. The lowest BCUT2D eigenvalue weighted by Crippen LogP contribution is -2.29. The molecule has 1 aromatic rings. The van der Waals surface area contributed by atoms with Crippen LogP contribution in [0.4, 0.5) is 0 Å². The summed E-state index contributed by atoms with van der Waals surface area (Å²) in [5.41, 5.74) is 0. The van der Waals surface area contributed by atoms with Gasteiger partial charge < -0.3 is 9.84 Å². The van der Waals surface area contributed by atoms with Crippen molar-refractivity contribution in [2.45, 2.75) is 44.9 Å². The summed E-state index contributed by atoms with van der Waals surface area (Å²) >= 11 is 0. The van der Waals surface area contributed by atoms with Crippen LogP contribution in [0.3, 0.4) is 0 Å². The first kappa shape index (κ1) is 16.1. The third kappa shape index (κ3) is 4.91. The van der Waals surface area contributed by atoms with Crippen LogP contribution in [0.25, 0.3) is 0 Å². The zero-order valence-corrected chi connectivity index (χ0v) is 13.0. The second-order valence-electron chi connectivity index (χ2n) is 5.34. The van der Waals surface area contributed by atoms with Gasteiger partial charge in [-0.2, -0.15) is 4.98 Å². The van der Waals surface area contributed by atoms with Gasteiger partial charge in [-0.3, -0.25) is 0 Å². The largest absolute Gasteiger partial charge is 0.339 e. The third-order valence-electron chi connectivity index (χ3n) is 3.07. The molecule has 0 aliphatic heterocycles. The normalized spacial score (nSPS) is 15.7. The predicted molar refractivity (Wildman–Crippen MR) is 73.6 cm³/mol. The summed E-state index contributed by atoms with van der Waals surface area (Å²) in [4.78, 5) is 4.17. The fourth-order valence-electron chi connectivity index (χ4n) is 1.79. The zero-order valence-electron chi connectivity index (χ0n) is 12.2. The van der Waals surface area contributed by atoms with E-state index in [0.717, 1.165) is 6.42 Å². The van der Waals surface area contributed by atoms with E-state index in [1.165, 1.54) is 6.26 Å². The molecule has 0 spiro atoms. The third-order valence-corrected chi connectivity index (χ3v) is 4.57. The van der Waals surface area contributed by atoms with E-state index in [2.05, 4.69) is 29.3 Å². The second kappa shape index (κ2) is 6.47. The molecule has 0 bridgehead atoms. The molecular formula is C12H23N3O3S. The molecule has 0 saturated carbocycles. The van der Waals surface area contributed by atoms with E-state index in [1.807, 2.05) is 7.05 Å². The molecule has 0 aliphatic carbocycles. The van der Waals surface area contributed by atoms with Crippen molar-refractivity contribution in [2.75, 3.05) is 13.3 Å². The van der Waals surface area contributed by atoms with Gasteiger partial charge >= 0.3 is 0 Å². The van der Waals surface area contributed by atoms with Crippen molar-refractivity contribution < 1.29 is 12.9 Å². The van der Waals surface area contributed by atoms with E-state index in [1.54, 1.807) is 6.92 Å². The van der Waals surface area contributed by atoms with Gasteiger partial charge in [-0.15, -0.1) is 0 Å². The molecule has 0 fully saturated rings. The molecule has 0 saturated heterocycles. The maximum atomic E-state index is 11.4. The van der Waals surface area contributed by atoms with Crippen molar-refractivity contribution in [3.63, 3.8) is 0 Å². The average molecular weight is 289 g/mol. The molecule has 1 rings (SSSR count). The number of aromatic nitrogens is 2. The van der Waals surface area contributed by atoms with Gasteiger partial charge in [0.25, 0.3) is 0 Å². The summed E-state index contributed by atoms with van der Waals surface area (Å²) in [6.07, 6.45) is 2.77. The lowest BCUT2D eigenvalue weighted by atomic mass is 10.0. The summed E-state index contributed by atoms with van der Waals surface area (Å²) in [6.45, 7) is 5.86. The van der Waals surface area contributed by atoms with Crippen molar-refractivity contribution in [3.8, 4) is 0 Å². The first-order valence-corrected chi connectivity index (χ1v) is 8.38. The SMILES string of the molecule is CNC(Cc1nc(C(C)S(C)(=O)=O)no1)CC(C)C. The van der Waals surface area contributed by atoms with E-state index >= 15 is 0 Å². The van der Waals surface area contributed by atoms with E-state index in [0.29, 0.717) is 18.2 Å². The highest BCUT2D eigenvalue weighted by molar-refractivity contribution is 7.90. The molecule has 110 valence electrons. The zero-order chi connectivity index (χ0) is 14.6. The standard InChI is InChI=1S/C12H23N3O3S/c1-8(2)6-10(13-4)7-11-14-12(15-18-11)9(3)19(5,16)17/h8-10,13H,6-7H2,1-5H3. The van der Waals surface area contributed by atoms with Crippen LogP contribution in [0.1, 0.15) is 44.2 Å². The van der Waals surface area contributed by atoms with Gasteiger partial charge in [-0.1, -0.05) is 19.0 Å². The van der Waals surface area contributed by atoms with Gasteiger partial charge in [0.1, 0.15) is 5.25 Å². The fourth-order valence-corrected chi connectivity index (χ4v) is 2.27. The Balaban J connectivity index is 2.74. The van der Waals surface area contributed by atoms with Crippen molar-refractivity contribution >= 4 is 9.84 Å². The van der Waals surface area contributed by atoms with Gasteiger partial charge in [0.05, 0.1) is 0 Å². The minimum absolute atomic E-state index is 0.233. The Morgan fingerprint density at radius 1 is 1.32 bits per heavy atom. The smallest absolute Gasteiger partial charge is 0.228 e. The topological polar surface area (TPSA) is 85.1 Å². The lowest BCUT2D eigenvalue weighted by Gasteiger charge is -2.15. The van der Waals surface area contributed by atoms with Crippen LogP contribution in [0, 0.1) is 5.92 Å². The minimum Gasteiger partial charge on any atom is -0.339 e. The molecule has 2 atom stereocenters. The number of hydrogen-bond acceptors (Lipinski definition) is 6. The van der Waals surface area contributed by atoms with Crippen LogP contribution in [0.2, 0.25) is 0 Å². The monoisotopic (exact) mass is 289 g/mol. The summed E-state index contributed by atoms with van der Waals surface area (Å²) in [5.74, 6) is 1.28. The molecule has 0 amide bonds. The van der Waals surface area contributed by atoms with Gasteiger partial charge in [0, 0.05) is 18.7 Å². The highest BCUT2D eigenvalue weighted by Crippen LogP contribution is 2.18.